The Hall–Kier alpha value is -0.330. The normalized spacial score (nSPS) is 16.7. The molecule has 7 heteroatoms. The number of amides is 1. The molecule has 0 bridgehead atoms. The van der Waals surface area contributed by atoms with E-state index in [2.05, 4.69) is 4.72 Å². The Morgan fingerprint density at radius 1 is 1.31 bits per heavy atom. The van der Waals surface area contributed by atoms with Crippen LogP contribution in [0.15, 0.2) is 0 Å². The van der Waals surface area contributed by atoms with Crippen molar-refractivity contribution in [3.63, 3.8) is 0 Å². The molecule has 1 saturated heterocycles. The van der Waals surface area contributed by atoms with E-state index in [1.54, 1.807) is 4.90 Å². The summed E-state index contributed by atoms with van der Waals surface area (Å²) in [5, 5.41) is 0. The molecule has 1 fully saturated rings. The minimum absolute atomic E-state index is 0.0240. The van der Waals surface area contributed by atoms with Gasteiger partial charge in [0.05, 0.1) is 12.3 Å². The Labute approximate surface area is 101 Å². The summed E-state index contributed by atoms with van der Waals surface area (Å²) in [5.74, 6) is 0.136. The Kier molecular flexibility index (Phi) is 5.51. The van der Waals surface area contributed by atoms with Gasteiger partial charge in [0.15, 0.2) is 0 Å². The highest BCUT2D eigenvalue weighted by Gasteiger charge is 2.19. The summed E-state index contributed by atoms with van der Waals surface area (Å²) in [6.45, 7) is 1.34. The molecule has 0 atom stereocenters. The number of alkyl halides is 1. The van der Waals surface area contributed by atoms with Crippen molar-refractivity contribution in [1.82, 2.24) is 9.62 Å². The number of sulfonamides is 1. The van der Waals surface area contributed by atoms with Gasteiger partial charge in [0.2, 0.25) is 15.9 Å². The molecule has 0 radical (unpaired) electrons. The summed E-state index contributed by atoms with van der Waals surface area (Å²) in [6.07, 6.45) is 2.41. The monoisotopic (exact) mass is 268 g/mol. The number of carbonyl (C=O) groups excluding carboxylic acids is 1. The lowest BCUT2D eigenvalue weighted by Gasteiger charge is -2.15. The fourth-order valence-corrected chi connectivity index (χ4v) is 2.87. The maximum absolute atomic E-state index is 11.5. The second-order valence-electron chi connectivity index (χ2n) is 3.77. The zero-order valence-electron chi connectivity index (χ0n) is 9.12. The first kappa shape index (κ1) is 13.7. The number of halogens is 1. The summed E-state index contributed by atoms with van der Waals surface area (Å²) < 4.78 is 25.0. The molecule has 94 valence electrons. The van der Waals surface area contributed by atoms with E-state index < -0.39 is 10.0 Å². The summed E-state index contributed by atoms with van der Waals surface area (Å²) in [7, 11) is -3.35. The summed E-state index contributed by atoms with van der Waals surface area (Å²) >= 11 is 5.41. The minimum Gasteiger partial charge on any atom is -0.342 e. The lowest BCUT2D eigenvalue weighted by Crippen LogP contribution is -2.39. The molecule has 1 rings (SSSR count). The van der Waals surface area contributed by atoms with E-state index in [0.29, 0.717) is 12.3 Å². The largest absolute Gasteiger partial charge is 0.342 e. The predicted molar refractivity (Wildman–Crippen MR) is 62.9 cm³/mol. The van der Waals surface area contributed by atoms with E-state index in [9.17, 15) is 13.2 Å². The lowest BCUT2D eigenvalue weighted by molar-refractivity contribution is -0.128. The number of carbonyl (C=O) groups is 1. The smallest absolute Gasteiger partial charge is 0.237 e. The third kappa shape index (κ3) is 4.67. The average molecular weight is 269 g/mol. The van der Waals surface area contributed by atoms with Crippen molar-refractivity contribution in [1.29, 1.82) is 0 Å². The van der Waals surface area contributed by atoms with Gasteiger partial charge < -0.3 is 4.90 Å². The number of rotatable bonds is 6. The highest BCUT2D eigenvalue weighted by molar-refractivity contribution is 7.89. The zero-order chi connectivity index (χ0) is 12.0. The highest BCUT2D eigenvalue weighted by atomic mass is 35.5. The summed E-state index contributed by atoms with van der Waals surface area (Å²) in [6, 6.07) is 0. The molecule has 5 nitrogen and oxygen atoms in total. The van der Waals surface area contributed by atoms with Gasteiger partial charge in [0.25, 0.3) is 0 Å². The number of nitrogens with zero attached hydrogens (tertiary/aromatic N) is 1. The molecular weight excluding hydrogens is 252 g/mol. The van der Waals surface area contributed by atoms with Gasteiger partial charge in [0, 0.05) is 19.0 Å². The Morgan fingerprint density at radius 2 is 1.94 bits per heavy atom. The maximum atomic E-state index is 11.5. The zero-order valence-corrected chi connectivity index (χ0v) is 10.7. The van der Waals surface area contributed by atoms with Crippen LogP contribution in [0.4, 0.5) is 0 Å². The third-order valence-electron chi connectivity index (χ3n) is 2.45. The Morgan fingerprint density at radius 3 is 2.50 bits per heavy atom. The van der Waals surface area contributed by atoms with Gasteiger partial charge in [-0.05, 0) is 19.3 Å². The van der Waals surface area contributed by atoms with Gasteiger partial charge in [-0.2, -0.15) is 0 Å². The van der Waals surface area contributed by atoms with Gasteiger partial charge in [-0.3, -0.25) is 4.79 Å². The average Bonchev–Trinajstić information content (AvgIpc) is 2.77. The molecule has 1 N–H and O–H groups in total. The van der Waals surface area contributed by atoms with Crippen LogP contribution in [0, 0.1) is 0 Å². The number of nitrogens with one attached hydrogen (secondary N) is 1. The first-order chi connectivity index (χ1) is 7.55. The van der Waals surface area contributed by atoms with Crippen molar-refractivity contribution in [2.24, 2.45) is 0 Å². The molecule has 0 saturated carbocycles. The minimum atomic E-state index is -3.35. The number of hydrogen-bond acceptors (Lipinski definition) is 3. The van der Waals surface area contributed by atoms with Crippen LogP contribution in [-0.2, 0) is 14.8 Å². The van der Waals surface area contributed by atoms with E-state index in [1.165, 1.54) is 0 Å². The van der Waals surface area contributed by atoms with Crippen LogP contribution in [0.2, 0.25) is 0 Å². The molecule has 1 aliphatic heterocycles. The van der Waals surface area contributed by atoms with Crippen LogP contribution >= 0.6 is 11.6 Å². The van der Waals surface area contributed by atoms with Crippen molar-refractivity contribution in [2.45, 2.75) is 19.3 Å². The lowest BCUT2D eigenvalue weighted by atomic mass is 10.4. The van der Waals surface area contributed by atoms with E-state index in [-0.39, 0.29) is 18.2 Å². The quantitative estimate of drug-likeness (QED) is 0.698. The van der Waals surface area contributed by atoms with Gasteiger partial charge >= 0.3 is 0 Å². The number of likely N-dealkylation sites (tertiary alicyclic amines) is 1. The summed E-state index contributed by atoms with van der Waals surface area (Å²) in [5.41, 5.74) is 0. The Balaban J connectivity index is 2.30. The van der Waals surface area contributed by atoms with E-state index in [4.69, 9.17) is 11.6 Å². The van der Waals surface area contributed by atoms with Crippen LogP contribution in [-0.4, -0.2) is 50.5 Å². The molecule has 0 aliphatic carbocycles. The van der Waals surface area contributed by atoms with Crippen molar-refractivity contribution in [3.05, 3.63) is 0 Å². The summed E-state index contributed by atoms with van der Waals surface area (Å²) in [4.78, 5) is 13.2. The fourth-order valence-electron chi connectivity index (χ4n) is 1.57. The van der Waals surface area contributed by atoms with Crippen LogP contribution in [0.1, 0.15) is 19.3 Å². The van der Waals surface area contributed by atoms with Crippen LogP contribution < -0.4 is 4.72 Å². The molecule has 0 spiro atoms. The standard InChI is InChI=1S/C9H17ClN2O3S/c10-4-3-7-16(14,15)11-8-9(13)12-5-1-2-6-12/h11H,1-8H2. The van der Waals surface area contributed by atoms with Crippen LogP contribution in [0.3, 0.4) is 0 Å². The SMILES string of the molecule is O=C(CNS(=O)(=O)CCCCl)N1CCCC1. The van der Waals surface area contributed by atoms with Gasteiger partial charge in [-0.15, -0.1) is 11.6 Å². The number of hydrogen-bond donors (Lipinski definition) is 1. The first-order valence-corrected chi connectivity index (χ1v) is 7.55. The van der Waals surface area contributed by atoms with Crippen LogP contribution in [0.5, 0.6) is 0 Å². The molecule has 16 heavy (non-hydrogen) atoms. The molecule has 0 unspecified atom stereocenters. The maximum Gasteiger partial charge on any atom is 0.237 e. The topological polar surface area (TPSA) is 66.5 Å². The molecule has 0 aromatic carbocycles. The molecule has 1 aliphatic rings. The molecular formula is C9H17ClN2O3S. The molecule has 1 heterocycles. The van der Waals surface area contributed by atoms with Crippen molar-refractivity contribution < 1.29 is 13.2 Å². The van der Waals surface area contributed by atoms with Gasteiger partial charge in [-0.1, -0.05) is 0 Å². The first-order valence-electron chi connectivity index (χ1n) is 5.36. The van der Waals surface area contributed by atoms with E-state index >= 15 is 0 Å². The van der Waals surface area contributed by atoms with Gasteiger partial charge in [-0.25, -0.2) is 13.1 Å². The Bertz CT molecular complexity index is 326. The van der Waals surface area contributed by atoms with Crippen LogP contribution in [0.25, 0.3) is 0 Å². The van der Waals surface area contributed by atoms with Crippen molar-refractivity contribution in [3.8, 4) is 0 Å². The third-order valence-corrected chi connectivity index (χ3v) is 4.13. The fraction of sp³-hybridized carbons (Fsp3) is 0.889. The van der Waals surface area contributed by atoms with Crippen molar-refractivity contribution in [2.75, 3.05) is 31.3 Å². The second-order valence-corrected chi connectivity index (χ2v) is 6.07. The second kappa shape index (κ2) is 6.42. The highest BCUT2D eigenvalue weighted by Crippen LogP contribution is 2.06. The molecule has 1 amide bonds. The predicted octanol–water partition coefficient (Wildman–Crippen LogP) is 0.157. The van der Waals surface area contributed by atoms with E-state index in [1.807, 2.05) is 0 Å². The molecule has 0 aromatic heterocycles. The van der Waals surface area contributed by atoms with Gasteiger partial charge in [0.1, 0.15) is 0 Å². The molecule has 0 aromatic rings. The van der Waals surface area contributed by atoms with Crippen molar-refractivity contribution >= 4 is 27.5 Å². The van der Waals surface area contributed by atoms with E-state index in [0.717, 1.165) is 25.9 Å².